The number of hydrogen-bond donors (Lipinski definition) is 2. The van der Waals surface area contributed by atoms with E-state index in [1.807, 2.05) is 0 Å². The molecule has 0 amide bonds. The minimum atomic E-state index is 0.812. The Bertz CT molecular complexity index is 494. The fraction of sp³-hybridized carbons (Fsp3) is 0.429. The van der Waals surface area contributed by atoms with E-state index in [-0.39, 0.29) is 0 Å². The van der Waals surface area contributed by atoms with Crippen LogP contribution in [0.1, 0.15) is 24.0 Å². The minimum absolute atomic E-state index is 0.812. The molecule has 1 aliphatic rings. The summed E-state index contributed by atoms with van der Waals surface area (Å²) in [4.78, 5) is 3.34. The summed E-state index contributed by atoms with van der Waals surface area (Å²) < 4.78 is 0. The van der Waals surface area contributed by atoms with Crippen molar-refractivity contribution in [3.8, 4) is 0 Å². The monoisotopic (exact) mass is 214 g/mol. The Balaban J connectivity index is 1.76. The first-order valence-corrected chi connectivity index (χ1v) is 6.13. The molecular weight excluding hydrogens is 196 g/mol. The van der Waals surface area contributed by atoms with E-state index < -0.39 is 0 Å². The summed E-state index contributed by atoms with van der Waals surface area (Å²) in [6, 6.07) is 7.41. The molecule has 0 saturated heterocycles. The predicted octanol–water partition coefficient (Wildman–Crippen LogP) is 2.77. The zero-order chi connectivity index (χ0) is 11.0. The maximum absolute atomic E-state index is 3.56. The largest absolute Gasteiger partial charge is 0.361 e. The number of benzene rings is 1. The van der Waals surface area contributed by atoms with Crippen LogP contribution in [-0.2, 0) is 6.42 Å². The average molecular weight is 214 g/mol. The SMILES string of the molecule is Cc1ccc2[nH]cc(CCNC3CC3)c2c1. The Morgan fingerprint density at radius 3 is 3.06 bits per heavy atom. The van der Waals surface area contributed by atoms with E-state index in [0.717, 1.165) is 19.0 Å². The van der Waals surface area contributed by atoms with Gasteiger partial charge in [0, 0.05) is 23.1 Å². The van der Waals surface area contributed by atoms with Crippen molar-refractivity contribution in [3.63, 3.8) is 0 Å². The highest BCUT2D eigenvalue weighted by Gasteiger charge is 2.19. The van der Waals surface area contributed by atoms with Crippen molar-refractivity contribution in [1.29, 1.82) is 0 Å². The lowest BCUT2D eigenvalue weighted by Crippen LogP contribution is -2.19. The average Bonchev–Trinajstić information content (AvgIpc) is 3.01. The van der Waals surface area contributed by atoms with Gasteiger partial charge in [-0.2, -0.15) is 0 Å². The second-order valence-corrected chi connectivity index (χ2v) is 4.84. The van der Waals surface area contributed by atoms with E-state index in [1.165, 1.54) is 34.9 Å². The molecule has 0 spiro atoms. The molecule has 1 saturated carbocycles. The molecule has 1 fully saturated rings. The van der Waals surface area contributed by atoms with Gasteiger partial charge in [-0.3, -0.25) is 0 Å². The minimum Gasteiger partial charge on any atom is -0.361 e. The number of nitrogens with one attached hydrogen (secondary N) is 2. The zero-order valence-corrected chi connectivity index (χ0v) is 9.72. The summed E-state index contributed by atoms with van der Waals surface area (Å²) >= 11 is 0. The highest BCUT2D eigenvalue weighted by Crippen LogP contribution is 2.21. The summed E-state index contributed by atoms with van der Waals surface area (Å²) in [6.45, 7) is 3.25. The van der Waals surface area contributed by atoms with Crippen LogP contribution >= 0.6 is 0 Å². The lowest BCUT2D eigenvalue weighted by molar-refractivity contribution is 0.683. The Hall–Kier alpha value is -1.28. The first-order valence-electron chi connectivity index (χ1n) is 6.13. The summed E-state index contributed by atoms with van der Waals surface area (Å²) in [7, 11) is 0. The second kappa shape index (κ2) is 3.95. The van der Waals surface area contributed by atoms with Gasteiger partial charge in [-0.1, -0.05) is 11.6 Å². The van der Waals surface area contributed by atoms with E-state index in [1.54, 1.807) is 0 Å². The first kappa shape index (κ1) is 9.91. The van der Waals surface area contributed by atoms with Crippen LogP contribution in [0.4, 0.5) is 0 Å². The topological polar surface area (TPSA) is 27.8 Å². The van der Waals surface area contributed by atoms with E-state index in [2.05, 4.69) is 41.6 Å². The van der Waals surface area contributed by atoms with Crippen LogP contribution < -0.4 is 5.32 Å². The molecule has 3 rings (SSSR count). The fourth-order valence-electron chi connectivity index (χ4n) is 2.20. The standard InChI is InChI=1S/C14H18N2/c1-10-2-5-14-13(8-10)11(9-16-14)6-7-15-12-3-4-12/h2,5,8-9,12,15-16H,3-4,6-7H2,1H3. The zero-order valence-electron chi connectivity index (χ0n) is 9.72. The van der Waals surface area contributed by atoms with Crippen LogP contribution in [0.5, 0.6) is 0 Å². The lowest BCUT2D eigenvalue weighted by Gasteiger charge is -2.02. The molecule has 2 nitrogen and oxygen atoms in total. The summed E-state index contributed by atoms with van der Waals surface area (Å²) in [6.07, 6.45) is 6.01. The summed E-state index contributed by atoms with van der Waals surface area (Å²) in [5.41, 5.74) is 4.03. The van der Waals surface area contributed by atoms with Gasteiger partial charge in [0.15, 0.2) is 0 Å². The van der Waals surface area contributed by atoms with Crippen molar-refractivity contribution in [2.24, 2.45) is 0 Å². The van der Waals surface area contributed by atoms with Gasteiger partial charge in [-0.15, -0.1) is 0 Å². The molecule has 2 heteroatoms. The Kier molecular flexibility index (Phi) is 2.44. The van der Waals surface area contributed by atoms with Crippen LogP contribution in [0.15, 0.2) is 24.4 Å². The van der Waals surface area contributed by atoms with Crippen molar-refractivity contribution in [2.75, 3.05) is 6.54 Å². The predicted molar refractivity (Wildman–Crippen MR) is 67.8 cm³/mol. The smallest absolute Gasteiger partial charge is 0.0456 e. The highest BCUT2D eigenvalue weighted by molar-refractivity contribution is 5.83. The highest BCUT2D eigenvalue weighted by atomic mass is 14.9. The van der Waals surface area contributed by atoms with E-state index in [0.29, 0.717) is 0 Å². The van der Waals surface area contributed by atoms with Crippen LogP contribution in [0.3, 0.4) is 0 Å². The van der Waals surface area contributed by atoms with Crippen molar-refractivity contribution < 1.29 is 0 Å². The quantitative estimate of drug-likeness (QED) is 0.804. The third kappa shape index (κ3) is 1.98. The molecule has 0 unspecified atom stereocenters. The normalized spacial score (nSPS) is 15.8. The maximum atomic E-state index is 3.56. The van der Waals surface area contributed by atoms with Gasteiger partial charge in [0.05, 0.1) is 0 Å². The fourth-order valence-corrected chi connectivity index (χ4v) is 2.20. The van der Waals surface area contributed by atoms with Gasteiger partial charge in [0.1, 0.15) is 0 Å². The Labute approximate surface area is 96.1 Å². The van der Waals surface area contributed by atoms with E-state index in [4.69, 9.17) is 0 Å². The van der Waals surface area contributed by atoms with Crippen molar-refractivity contribution in [1.82, 2.24) is 10.3 Å². The van der Waals surface area contributed by atoms with Crippen LogP contribution in [-0.4, -0.2) is 17.6 Å². The van der Waals surface area contributed by atoms with E-state index >= 15 is 0 Å². The van der Waals surface area contributed by atoms with Crippen LogP contribution in [0, 0.1) is 6.92 Å². The van der Waals surface area contributed by atoms with Crippen LogP contribution in [0.25, 0.3) is 10.9 Å². The molecule has 0 atom stereocenters. The van der Waals surface area contributed by atoms with E-state index in [9.17, 15) is 0 Å². The number of rotatable bonds is 4. The number of hydrogen-bond acceptors (Lipinski definition) is 1. The van der Waals surface area contributed by atoms with Crippen molar-refractivity contribution in [3.05, 3.63) is 35.5 Å². The third-order valence-electron chi connectivity index (χ3n) is 3.33. The maximum Gasteiger partial charge on any atom is 0.0456 e. The Morgan fingerprint density at radius 2 is 2.25 bits per heavy atom. The molecule has 0 aliphatic heterocycles. The number of H-pyrrole nitrogens is 1. The van der Waals surface area contributed by atoms with Crippen molar-refractivity contribution >= 4 is 10.9 Å². The molecule has 1 heterocycles. The van der Waals surface area contributed by atoms with Gasteiger partial charge in [-0.05, 0) is 50.4 Å². The van der Waals surface area contributed by atoms with Gasteiger partial charge < -0.3 is 10.3 Å². The third-order valence-corrected chi connectivity index (χ3v) is 3.33. The van der Waals surface area contributed by atoms with Crippen LogP contribution in [0.2, 0.25) is 0 Å². The molecule has 0 bridgehead atoms. The molecule has 2 aromatic rings. The van der Waals surface area contributed by atoms with Gasteiger partial charge >= 0.3 is 0 Å². The van der Waals surface area contributed by atoms with Gasteiger partial charge in [0.2, 0.25) is 0 Å². The van der Waals surface area contributed by atoms with Crippen molar-refractivity contribution in [2.45, 2.75) is 32.2 Å². The molecule has 1 aliphatic carbocycles. The lowest BCUT2D eigenvalue weighted by atomic mass is 10.1. The molecule has 1 aromatic carbocycles. The molecule has 1 aromatic heterocycles. The molecule has 16 heavy (non-hydrogen) atoms. The number of aromatic amines is 1. The summed E-state index contributed by atoms with van der Waals surface area (Å²) in [5, 5.41) is 4.95. The molecule has 84 valence electrons. The second-order valence-electron chi connectivity index (χ2n) is 4.84. The first-order chi connectivity index (χ1) is 7.83. The number of fused-ring (bicyclic) bond motifs is 1. The molecular formula is C14H18N2. The number of aryl methyl sites for hydroxylation is 1. The van der Waals surface area contributed by atoms with Gasteiger partial charge in [-0.25, -0.2) is 0 Å². The summed E-state index contributed by atoms with van der Waals surface area (Å²) in [5.74, 6) is 0. The molecule has 0 radical (unpaired) electrons. The molecule has 2 N–H and O–H groups in total. The number of aromatic nitrogens is 1. The Morgan fingerprint density at radius 1 is 1.38 bits per heavy atom. The van der Waals surface area contributed by atoms with Gasteiger partial charge in [0.25, 0.3) is 0 Å².